The van der Waals surface area contributed by atoms with Crippen molar-refractivity contribution in [3.63, 3.8) is 0 Å². The van der Waals surface area contributed by atoms with E-state index in [9.17, 15) is 0 Å². The van der Waals surface area contributed by atoms with Gasteiger partial charge in [-0.3, -0.25) is 0 Å². The van der Waals surface area contributed by atoms with Crippen molar-refractivity contribution in [2.24, 2.45) is 5.73 Å². The SMILES string of the molecule is C=C/C(C)=C(C)\C=C\CCCN. The molecule has 0 rings (SSSR count). The first kappa shape index (κ1) is 11.2. The van der Waals surface area contributed by atoms with Crippen LogP contribution < -0.4 is 5.73 Å². The van der Waals surface area contributed by atoms with Crippen molar-refractivity contribution in [2.75, 3.05) is 6.54 Å². The molecular weight excluding hydrogens is 146 g/mol. The van der Waals surface area contributed by atoms with Crippen LogP contribution in [0.1, 0.15) is 26.7 Å². The van der Waals surface area contributed by atoms with E-state index >= 15 is 0 Å². The molecule has 0 fully saturated rings. The largest absolute Gasteiger partial charge is 0.330 e. The van der Waals surface area contributed by atoms with Crippen molar-refractivity contribution >= 4 is 0 Å². The fourth-order valence-electron chi connectivity index (χ4n) is 0.788. The maximum atomic E-state index is 5.37. The first-order valence-electron chi connectivity index (χ1n) is 4.39. The summed E-state index contributed by atoms with van der Waals surface area (Å²) in [5.74, 6) is 0. The number of rotatable bonds is 5. The lowest BCUT2D eigenvalue weighted by Gasteiger charge is -1.96. The molecule has 0 saturated heterocycles. The first-order valence-corrected chi connectivity index (χ1v) is 4.39. The van der Waals surface area contributed by atoms with E-state index in [0.717, 1.165) is 19.4 Å². The minimum Gasteiger partial charge on any atom is -0.330 e. The molecule has 0 saturated carbocycles. The molecule has 2 N–H and O–H groups in total. The van der Waals surface area contributed by atoms with E-state index in [-0.39, 0.29) is 0 Å². The molecule has 0 aromatic rings. The van der Waals surface area contributed by atoms with Crippen LogP contribution in [0.25, 0.3) is 0 Å². The van der Waals surface area contributed by atoms with E-state index in [1.165, 1.54) is 11.1 Å². The minimum absolute atomic E-state index is 0.771. The molecule has 0 unspecified atom stereocenters. The summed E-state index contributed by atoms with van der Waals surface area (Å²) in [7, 11) is 0. The van der Waals surface area contributed by atoms with Gasteiger partial charge in [-0.15, -0.1) is 0 Å². The average molecular weight is 165 g/mol. The molecule has 0 aliphatic heterocycles. The standard InChI is InChI=1S/C11H19N/c1-4-10(2)11(3)8-6-5-7-9-12/h4,6,8H,1,5,7,9,12H2,2-3H3/b8-6+,11-10-. The van der Waals surface area contributed by atoms with Crippen molar-refractivity contribution in [3.05, 3.63) is 36.0 Å². The topological polar surface area (TPSA) is 26.0 Å². The third-order valence-electron chi connectivity index (χ3n) is 1.87. The Hall–Kier alpha value is -0.820. The Morgan fingerprint density at radius 1 is 1.33 bits per heavy atom. The molecule has 1 nitrogen and oxygen atoms in total. The van der Waals surface area contributed by atoms with Gasteiger partial charge in [0, 0.05) is 0 Å². The number of hydrogen-bond donors (Lipinski definition) is 1. The Labute approximate surface area is 75.7 Å². The van der Waals surface area contributed by atoms with Crippen molar-refractivity contribution in [1.29, 1.82) is 0 Å². The molecule has 0 amide bonds. The van der Waals surface area contributed by atoms with Crippen LogP contribution in [0.3, 0.4) is 0 Å². The lowest BCUT2D eigenvalue weighted by molar-refractivity contribution is 0.854. The first-order chi connectivity index (χ1) is 5.72. The summed E-state index contributed by atoms with van der Waals surface area (Å²) in [6.45, 7) is 8.64. The van der Waals surface area contributed by atoms with Crippen molar-refractivity contribution in [3.8, 4) is 0 Å². The molecule has 0 bridgehead atoms. The Morgan fingerprint density at radius 3 is 2.50 bits per heavy atom. The second-order valence-electron chi connectivity index (χ2n) is 2.90. The van der Waals surface area contributed by atoms with Gasteiger partial charge in [-0.1, -0.05) is 24.8 Å². The van der Waals surface area contributed by atoms with Crippen LogP contribution in [0.4, 0.5) is 0 Å². The van der Waals surface area contributed by atoms with Crippen LogP contribution >= 0.6 is 0 Å². The maximum Gasteiger partial charge on any atom is -0.00743 e. The predicted molar refractivity (Wildman–Crippen MR) is 56.0 cm³/mol. The van der Waals surface area contributed by atoms with Gasteiger partial charge in [0.2, 0.25) is 0 Å². The summed E-state index contributed by atoms with van der Waals surface area (Å²) >= 11 is 0. The fourth-order valence-corrected chi connectivity index (χ4v) is 0.788. The zero-order valence-electron chi connectivity index (χ0n) is 8.14. The van der Waals surface area contributed by atoms with Crippen LogP contribution in [0.5, 0.6) is 0 Å². The molecule has 0 heterocycles. The summed E-state index contributed by atoms with van der Waals surface area (Å²) in [4.78, 5) is 0. The van der Waals surface area contributed by atoms with Gasteiger partial charge < -0.3 is 5.73 Å². The summed E-state index contributed by atoms with van der Waals surface area (Å²) in [6.07, 6.45) is 8.31. The lowest BCUT2D eigenvalue weighted by atomic mass is 10.1. The normalized spacial score (nSPS) is 13.2. The smallest absolute Gasteiger partial charge is 0.00743 e. The van der Waals surface area contributed by atoms with Crippen molar-refractivity contribution < 1.29 is 0 Å². The quantitative estimate of drug-likeness (QED) is 0.492. The van der Waals surface area contributed by atoms with Crippen molar-refractivity contribution in [2.45, 2.75) is 26.7 Å². The van der Waals surface area contributed by atoms with E-state index < -0.39 is 0 Å². The van der Waals surface area contributed by atoms with Gasteiger partial charge in [-0.05, 0) is 44.4 Å². The molecular formula is C11H19N. The van der Waals surface area contributed by atoms with Gasteiger partial charge in [-0.2, -0.15) is 0 Å². The number of hydrogen-bond acceptors (Lipinski definition) is 1. The summed E-state index contributed by atoms with van der Waals surface area (Å²) in [6, 6.07) is 0. The van der Waals surface area contributed by atoms with E-state index in [4.69, 9.17) is 5.73 Å². The maximum absolute atomic E-state index is 5.37. The lowest BCUT2D eigenvalue weighted by Crippen LogP contribution is -1.96. The minimum atomic E-state index is 0.771. The van der Waals surface area contributed by atoms with E-state index in [2.05, 4.69) is 32.6 Å². The van der Waals surface area contributed by atoms with Gasteiger partial charge in [0.25, 0.3) is 0 Å². The van der Waals surface area contributed by atoms with E-state index in [1.807, 2.05) is 6.08 Å². The monoisotopic (exact) mass is 165 g/mol. The summed E-state index contributed by atoms with van der Waals surface area (Å²) in [5.41, 5.74) is 7.88. The fraction of sp³-hybridized carbons (Fsp3) is 0.455. The zero-order valence-corrected chi connectivity index (χ0v) is 8.14. The van der Waals surface area contributed by atoms with E-state index in [0.29, 0.717) is 0 Å². The Bertz CT molecular complexity index is 187. The van der Waals surface area contributed by atoms with Crippen LogP contribution in [0.2, 0.25) is 0 Å². The highest BCUT2D eigenvalue weighted by Crippen LogP contribution is 2.05. The highest BCUT2D eigenvalue weighted by atomic mass is 14.5. The highest BCUT2D eigenvalue weighted by Gasteiger charge is 1.86. The molecule has 68 valence electrons. The van der Waals surface area contributed by atoms with Gasteiger partial charge in [0.15, 0.2) is 0 Å². The predicted octanol–water partition coefficient (Wildman–Crippen LogP) is 2.80. The van der Waals surface area contributed by atoms with Crippen LogP contribution in [0.15, 0.2) is 36.0 Å². The molecule has 0 spiro atoms. The average Bonchev–Trinajstić information content (AvgIpc) is 2.10. The second kappa shape index (κ2) is 6.86. The Balaban J connectivity index is 3.90. The molecule has 0 atom stereocenters. The van der Waals surface area contributed by atoms with Gasteiger partial charge in [0.1, 0.15) is 0 Å². The Morgan fingerprint density at radius 2 is 2.00 bits per heavy atom. The van der Waals surface area contributed by atoms with Crippen LogP contribution in [0, 0.1) is 0 Å². The molecule has 0 radical (unpaired) electrons. The van der Waals surface area contributed by atoms with E-state index in [1.54, 1.807) is 0 Å². The number of nitrogens with two attached hydrogens (primary N) is 1. The number of unbranched alkanes of at least 4 members (excludes halogenated alkanes) is 1. The van der Waals surface area contributed by atoms with Crippen molar-refractivity contribution in [1.82, 2.24) is 0 Å². The Kier molecular flexibility index (Phi) is 6.39. The molecule has 0 aromatic heterocycles. The molecule has 0 aromatic carbocycles. The molecule has 0 aliphatic carbocycles. The van der Waals surface area contributed by atoms with Gasteiger partial charge in [-0.25, -0.2) is 0 Å². The molecule has 1 heteroatoms. The summed E-state index contributed by atoms with van der Waals surface area (Å²) < 4.78 is 0. The van der Waals surface area contributed by atoms with Crippen LogP contribution in [-0.2, 0) is 0 Å². The zero-order chi connectivity index (χ0) is 9.40. The highest BCUT2D eigenvalue weighted by molar-refractivity contribution is 5.28. The molecule has 0 aliphatic rings. The van der Waals surface area contributed by atoms with Gasteiger partial charge >= 0.3 is 0 Å². The summed E-state index contributed by atoms with van der Waals surface area (Å²) in [5, 5.41) is 0. The van der Waals surface area contributed by atoms with Crippen LogP contribution in [-0.4, -0.2) is 6.54 Å². The second-order valence-corrected chi connectivity index (χ2v) is 2.90. The molecule has 12 heavy (non-hydrogen) atoms. The van der Waals surface area contributed by atoms with Gasteiger partial charge in [0.05, 0.1) is 0 Å². The number of allylic oxidation sites excluding steroid dienone is 5. The third-order valence-corrected chi connectivity index (χ3v) is 1.87. The third kappa shape index (κ3) is 4.91.